The number of aromatic nitrogens is 6. The van der Waals surface area contributed by atoms with Gasteiger partial charge >= 0.3 is 0 Å². The van der Waals surface area contributed by atoms with Crippen LogP contribution in [-0.4, -0.2) is 29.9 Å². The zero-order chi connectivity index (χ0) is 19.6. The lowest BCUT2D eigenvalue weighted by molar-refractivity contribution is 0.391. The molecule has 0 saturated carbocycles. The van der Waals surface area contributed by atoms with E-state index >= 15 is 0 Å². The van der Waals surface area contributed by atoms with Crippen LogP contribution in [0.3, 0.4) is 0 Å². The monoisotopic (exact) mass is 400 g/mol. The van der Waals surface area contributed by atoms with Crippen molar-refractivity contribution < 1.29 is 4.52 Å². The van der Waals surface area contributed by atoms with Gasteiger partial charge in [-0.05, 0) is 25.1 Å². The molecule has 0 saturated heterocycles. The number of thioether (sulfide) groups is 1. The van der Waals surface area contributed by atoms with Gasteiger partial charge in [0.25, 0.3) is 0 Å². The van der Waals surface area contributed by atoms with Crippen molar-refractivity contribution in [2.24, 2.45) is 0 Å². The minimum absolute atomic E-state index is 0.515. The average Bonchev–Trinajstić information content (AvgIpc) is 3.40. The Bertz CT molecular complexity index is 1280. The number of hydrogen-bond donors (Lipinski definition) is 0. The second-order valence-electron chi connectivity index (χ2n) is 6.48. The Morgan fingerprint density at radius 1 is 1.03 bits per heavy atom. The van der Waals surface area contributed by atoms with E-state index in [4.69, 9.17) is 4.52 Å². The quantitative estimate of drug-likeness (QED) is 0.318. The fraction of sp³-hybridized carbons (Fsp3) is 0.0952. The van der Waals surface area contributed by atoms with E-state index in [1.807, 2.05) is 66.2 Å². The summed E-state index contributed by atoms with van der Waals surface area (Å²) in [5.74, 6) is 1.66. The van der Waals surface area contributed by atoms with Gasteiger partial charge in [-0.25, -0.2) is 14.6 Å². The fourth-order valence-electron chi connectivity index (χ4n) is 3.04. The lowest BCUT2D eigenvalue weighted by Gasteiger charge is -2.03. The van der Waals surface area contributed by atoms with Crippen molar-refractivity contribution in [2.45, 2.75) is 17.7 Å². The summed E-state index contributed by atoms with van der Waals surface area (Å²) in [4.78, 5) is 13.3. The standard InChI is InChI=1S/C21H16N6OS/c1-14-6-5-7-15(10-14)19-25-18(28-26-19)12-29-21-17-11-24-27(20(17)22-13-23-21)16-8-3-2-4-9-16/h2-11,13H,12H2,1H3. The van der Waals surface area contributed by atoms with Crippen molar-refractivity contribution in [3.8, 4) is 17.1 Å². The molecule has 0 amide bonds. The largest absolute Gasteiger partial charge is 0.338 e. The summed E-state index contributed by atoms with van der Waals surface area (Å²) in [5, 5.41) is 10.3. The Morgan fingerprint density at radius 2 is 1.93 bits per heavy atom. The van der Waals surface area contributed by atoms with Crippen LogP contribution < -0.4 is 0 Å². The third kappa shape index (κ3) is 3.50. The first-order chi connectivity index (χ1) is 14.3. The lowest BCUT2D eigenvalue weighted by atomic mass is 10.1. The Balaban J connectivity index is 1.38. The molecule has 0 atom stereocenters. The normalized spacial score (nSPS) is 11.2. The molecule has 5 rings (SSSR count). The second-order valence-corrected chi connectivity index (χ2v) is 7.44. The molecule has 0 aliphatic carbocycles. The number of benzene rings is 2. The van der Waals surface area contributed by atoms with Gasteiger partial charge in [-0.1, -0.05) is 58.9 Å². The fourth-order valence-corrected chi connectivity index (χ4v) is 3.84. The summed E-state index contributed by atoms with van der Waals surface area (Å²) in [7, 11) is 0. The molecule has 0 bridgehead atoms. The smallest absolute Gasteiger partial charge is 0.237 e. The van der Waals surface area contributed by atoms with Crippen LogP contribution in [0.25, 0.3) is 28.1 Å². The third-order valence-electron chi connectivity index (χ3n) is 4.41. The Kier molecular flexibility index (Phi) is 4.53. The van der Waals surface area contributed by atoms with E-state index in [0.29, 0.717) is 17.5 Å². The van der Waals surface area contributed by atoms with E-state index in [9.17, 15) is 0 Å². The van der Waals surface area contributed by atoms with Crippen molar-refractivity contribution in [2.75, 3.05) is 0 Å². The Labute approximate surface area is 170 Å². The van der Waals surface area contributed by atoms with Gasteiger partial charge in [0.05, 0.1) is 23.0 Å². The Hall–Kier alpha value is -3.52. The van der Waals surface area contributed by atoms with E-state index < -0.39 is 0 Å². The molecular formula is C21H16N6OS. The zero-order valence-electron chi connectivity index (χ0n) is 15.6. The van der Waals surface area contributed by atoms with E-state index in [-0.39, 0.29) is 0 Å². The van der Waals surface area contributed by atoms with Gasteiger partial charge < -0.3 is 4.52 Å². The summed E-state index contributed by atoms with van der Waals surface area (Å²) in [6.07, 6.45) is 3.34. The number of hydrogen-bond acceptors (Lipinski definition) is 7. The van der Waals surface area contributed by atoms with Gasteiger partial charge in [-0.3, -0.25) is 0 Å². The number of para-hydroxylation sites is 1. The zero-order valence-corrected chi connectivity index (χ0v) is 16.4. The van der Waals surface area contributed by atoms with Crippen LogP contribution >= 0.6 is 11.8 Å². The predicted octanol–water partition coefficient (Wildman–Crippen LogP) is 4.47. The average molecular weight is 400 g/mol. The van der Waals surface area contributed by atoms with Crippen LogP contribution in [0.4, 0.5) is 0 Å². The second kappa shape index (κ2) is 7.48. The lowest BCUT2D eigenvalue weighted by Crippen LogP contribution is -1.97. The molecule has 0 radical (unpaired) electrons. The summed E-state index contributed by atoms with van der Waals surface area (Å²) < 4.78 is 7.23. The topological polar surface area (TPSA) is 82.5 Å². The summed E-state index contributed by atoms with van der Waals surface area (Å²) >= 11 is 1.52. The summed E-state index contributed by atoms with van der Waals surface area (Å²) in [6, 6.07) is 17.9. The van der Waals surface area contributed by atoms with Crippen LogP contribution in [0.5, 0.6) is 0 Å². The van der Waals surface area contributed by atoms with Crippen molar-refractivity contribution in [1.82, 2.24) is 29.9 Å². The highest BCUT2D eigenvalue weighted by atomic mass is 32.2. The molecule has 5 aromatic rings. The molecule has 0 aliphatic rings. The maximum Gasteiger partial charge on any atom is 0.237 e. The molecule has 7 nitrogen and oxygen atoms in total. The van der Waals surface area contributed by atoms with Gasteiger partial charge in [0.2, 0.25) is 11.7 Å². The predicted molar refractivity (Wildman–Crippen MR) is 111 cm³/mol. The summed E-state index contributed by atoms with van der Waals surface area (Å²) in [6.45, 7) is 2.04. The number of nitrogens with zero attached hydrogens (tertiary/aromatic N) is 6. The Morgan fingerprint density at radius 3 is 2.79 bits per heavy atom. The molecular weight excluding hydrogens is 384 g/mol. The molecule has 0 unspecified atom stereocenters. The molecule has 142 valence electrons. The highest BCUT2D eigenvalue weighted by molar-refractivity contribution is 7.98. The first-order valence-electron chi connectivity index (χ1n) is 9.04. The van der Waals surface area contributed by atoms with Gasteiger partial charge in [-0.2, -0.15) is 10.1 Å². The van der Waals surface area contributed by atoms with E-state index in [2.05, 4.69) is 25.2 Å². The first-order valence-corrected chi connectivity index (χ1v) is 10.0. The maximum absolute atomic E-state index is 5.42. The molecule has 8 heteroatoms. The molecule has 0 spiro atoms. The highest BCUT2D eigenvalue weighted by Crippen LogP contribution is 2.28. The van der Waals surface area contributed by atoms with Crippen LogP contribution in [-0.2, 0) is 5.75 Å². The van der Waals surface area contributed by atoms with Crippen LogP contribution in [0.15, 0.2) is 76.7 Å². The highest BCUT2D eigenvalue weighted by Gasteiger charge is 2.14. The molecule has 3 heterocycles. The SMILES string of the molecule is Cc1cccc(-c2noc(CSc3ncnc4c3cnn4-c3ccccc3)n2)c1. The molecule has 2 aromatic carbocycles. The van der Waals surface area contributed by atoms with Crippen molar-refractivity contribution in [1.29, 1.82) is 0 Å². The first kappa shape index (κ1) is 17.6. The molecule has 0 N–H and O–H groups in total. The van der Waals surface area contributed by atoms with Gasteiger partial charge in [0, 0.05) is 5.56 Å². The third-order valence-corrected chi connectivity index (χ3v) is 5.40. The minimum atomic E-state index is 0.515. The minimum Gasteiger partial charge on any atom is -0.338 e. The van der Waals surface area contributed by atoms with Crippen LogP contribution in [0.1, 0.15) is 11.5 Å². The molecule has 0 fully saturated rings. The van der Waals surface area contributed by atoms with Crippen LogP contribution in [0.2, 0.25) is 0 Å². The van der Waals surface area contributed by atoms with Crippen molar-refractivity contribution in [3.05, 3.63) is 78.6 Å². The molecule has 0 aliphatic heterocycles. The van der Waals surface area contributed by atoms with Gasteiger partial charge in [-0.15, -0.1) is 0 Å². The van der Waals surface area contributed by atoms with E-state index in [1.54, 1.807) is 12.5 Å². The van der Waals surface area contributed by atoms with E-state index in [1.165, 1.54) is 11.8 Å². The van der Waals surface area contributed by atoms with Gasteiger partial charge in [0.15, 0.2) is 5.65 Å². The number of rotatable bonds is 5. The van der Waals surface area contributed by atoms with E-state index in [0.717, 1.165) is 32.9 Å². The number of fused-ring (bicyclic) bond motifs is 1. The van der Waals surface area contributed by atoms with Crippen molar-refractivity contribution in [3.63, 3.8) is 0 Å². The van der Waals surface area contributed by atoms with Crippen LogP contribution in [0, 0.1) is 6.92 Å². The maximum atomic E-state index is 5.42. The molecule has 3 aromatic heterocycles. The van der Waals surface area contributed by atoms with Crippen molar-refractivity contribution >= 4 is 22.8 Å². The van der Waals surface area contributed by atoms with Gasteiger partial charge in [0.1, 0.15) is 11.4 Å². The number of aryl methyl sites for hydroxylation is 1. The molecule has 29 heavy (non-hydrogen) atoms. The summed E-state index contributed by atoms with van der Waals surface area (Å²) in [5.41, 5.74) is 3.82.